The van der Waals surface area contributed by atoms with Crippen LogP contribution in [0.4, 0.5) is 5.82 Å². The van der Waals surface area contributed by atoms with Crippen LogP contribution in [0.15, 0.2) is 12.4 Å². The summed E-state index contributed by atoms with van der Waals surface area (Å²) in [6.07, 6.45) is 3.34. The lowest BCUT2D eigenvalue weighted by atomic mass is 9.93. The highest BCUT2D eigenvalue weighted by molar-refractivity contribution is 5.47. The molecule has 1 aliphatic heterocycles. The highest BCUT2D eigenvalue weighted by Gasteiger charge is 2.25. The van der Waals surface area contributed by atoms with E-state index in [9.17, 15) is 5.11 Å². The first-order valence-corrected chi connectivity index (χ1v) is 7.30. The molecule has 0 aromatic carbocycles. The maximum Gasteiger partial charge on any atom is 0.254 e. The maximum absolute atomic E-state index is 9.86. The van der Waals surface area contributed by atoms with Crippen LogP contribution in [0.3, 0.4) is 0 Å². The first-order valence-electron chi connectivity index (χ1n) is 7.30. The van der Waals surface area contributed by atoms with Gasteiger partial charge in [-0.15, -0.1) is 0 Å². The van der Waals surface area contributed by atoms with E-state index in [-0.39, 0.29) is 12.0 Å². The summed E-state index contributed by atoms with van der Waals surface area (Å²) < 4.78 is 6.93. The van der Waals surface area contributed by atoms with Crippen molar-refractivity contribution in [3.8, 4) is 0 Å². The zero-order valence-corrected chi connectivity index (χ0v) is 12.4. The average molecular weight is 291 g/mol. The predicted molar refractivity (Wildman–Crippen MR) is 78.1 cm³/mol. The molecule has 0 bridgehead atoms. The molecule has 7 nitrogen and oxygen atoms in total. The first-order chi connectivity index (χ1) is 10.2. The van der Waals surface area contributed by atoms with E-state index in [1.54, 1.807) is 11.6 Å². The molecule has 21 heavy (non-hydrogen) atoms. The Kier molecular flexibility index (Phi) is 4.03. The lowest BCUT2D eigenvalue weighted by Gasteiger charge is -2.35. The van der Waals surface area contributed by atoms with Crippen LogP contribution in [0.25, 0.3) is 5.78 Å². The number of aliphatic hydroxyl groups excluding tert-OH is 1. The van der Waals surface area contributed by atoms with E-state index in [0.717, 1.165) is 37.4 Å². The number of hydrogen-bond donors (Lipinski definition) is 1. The SMILES string of the molecule is COCc1cc(N2CCCC(C(C)O)C2)n2ncnc2n1. The topological polar surface area (TPSA) is 75.8 Å². The minimum atomic E-state index is -0.292. The summed E-state index contributed by atoms with van der Waals surface area (Å²) in [6.45, 7) is 4.09. The molecule has 7 heteroatoms. The zero-order valence-electron chi connectivity index (χ0n) is 12.4. The van der Waals surface area contributed by atoms with E-state index in [1.165, 1.54) is 6.33 Å². The van der Waals surface area contributed by atoms with E-state index in [1.807, 2.05) is 13.0 Å². The third-order valence-electron chi connectivity index (χ3n) is 4.04. The fourth-order valence-electron chi connectivity index (χ4n) is 2.90. The van der Waals surface area contributed by atoms with Crippen LogP contribution < -0.4 is 4.90 Å². The molecule has 114 valence electrons. The van der Waals surface area contributed by atoms with Crippen molar-refractivity contribution in [2.75, 3.05) is 25.1 Å². The third kappa shape index (κ3) is 2.84. The van der Waals surface area contributed by atoms with E-state index < -0.39 is 0 Å². The number of aliphatic hydroxyl groups is 1. The molecule has 2 atom stereocenters. The van der Waals surface area contributed by atoms with Gasteiger partial charge in [0.05, 0.1) is 18.4 Å². The number of aromatic nitrogens is 4. The number of nitrogens with zero attached hydrogens (tertiary/aromatic N) is 5. The summed E-state index contributed by atoms with van der Waals surface area (Å²) >= 11 is 0. The molecule has 3 rings (SSSR count). The van der Waals surface area contributed by atoms with Crippen molar-refractivity contribution >= 4 is 11.6 Å². The van der Waals surface area contributed by atoms with Crippen LogP contribution in [0.2, 0.25) is 0 Å². The highest BCUT2D eigenvalue weighted by atomic mass is 16.5. The Hall–Kier alpha value is -1.73. The van der Waals surface area contributed by atoms with E-state index in [4.69, 9.17) is 4.74 Å². The molecule has 1 fully saturated rings. The van der Waals surface area contributed by atoms with Crippen molar-refractivity contribution in [2.45, 2.75) is 32.5 Å². The second-order valence-corrected chi connectivity index (χ2v) is 5.60. The Balaban J connectivity index is 1.96. The summed E-state index contributed by atoms with van der Waals surface area (Å²) in [6, 6.07) is 2.00. The Labute approximate surface area is 123 Å². The fourth-order valence-corrected chi connectivity index (χ4v) is 2.90. The molecule has 1 saturated heterocycles. The summed E-state index contributed by atoms with van der Waals surface area (Å²) in [4.78, 5) is 10.9. The standard InChI is InChI=1S/C14H21N5O2/c1-10(20)11-4-3-5-18(7-11)13-6-12(8-21-2)17-14-15-9-16-19(13)14/h6,9-11,20H,3-5,7-8H2,1-2H3. The molecular formula is C14H21N5O2. The second-order valence-electron chi connectivity index (χ2n) is 5.60. The summed E-state index contributed by atoms with van der Waals surface area (Å²) in [5.74, 6) is 1.84. The number of anilines is 1. The van der Waals surface area contributed by atoms with Crippen LogP contribution in [0.1, 0.15) is 25.5 Å². The van der Waals surface area contributed by atoms with Gasteiger partial charge in [0.1, 0.15) is 12.1 Å². The molecule has 0 amide bonds. The quantitative estimate of drug-likeness (QED) is 0.901. The van der Waals surface area contributed by atoms with Crippen molar-refractivity contribution in [3.63, 3.8) is 0 Å². The lowest BCUT2D eigenvalue weighted by molar-refractivity contribution is 0.115. The van der Waals surface area contributed by atoms with Crippen molar-refractivity contribution in [2.24, 2.45) is 5.92 Å². The molecule has 2 aromatic heterocycles. The molecule has 1 N–H and O–H groups in total. The molecule has 0 saturated carbocycles. The van der Waals surface area contributed by atoms with Gasteiger partial charge in [-0.3, -0.25) is 0 Å². The summed E-state index contributed by atoms with van der Waals surface area (Å²) in [5.41, 5.74) is 0.840. The van der Waals surface area contributed by atoms with Gasteiger partial charge in [0.2, 0.25) is 0 Å². The van der Waals surface area contributed by atoms with Crippen molar-refractivity contribution in [1.29, 1.82) is 0 Å². The van der Waals surface area contributed by atoms with Gasteiger partial charge in [-0.2, -0.15) is 14.6 Å². The second kappa shape index (κ2) is 5.95. The largest absolute Gasteiger partial charge is 0.393 e. The normalized spacial score (nSPS) is 20.9. The Bertz CT molecular complexity index is 612. The van der Waals surface area contributed by atoms with Gasteiger partial charge < -0.3 is 14.7 Å². The molecular weight excluding hydrogens is 270 g/mol. The van der Waals surface area contributed by atoms with Gasteiger partial charge in [0, 0.05) is 32.2 Å². The van der Waals surface area contributed by atoms with Crippen LogP contribution in [0.5, 0.6) is 0 Å². The smallest absolute Gasteiger partial charge is 0.254 e. The van der Waals surface area contributed by atoms with Gasteiger partial charge in [0.25, 0.3) is 5.78 Å². The van der Waals surface area contributed by atoms with Crippen LogP contribution >= 0.6 is 0 Å². The number of rotatable bonds is 4. The van der Waals surface area contributed by atoms with Crippen molar-refractivity contribution in [3.05, 3.63) is 18.1 Å². The first kappa shape index (κ1) is 14.2. The number of hydrogen-bond acceptors (Lipinski definition) is 6. The van der Waals surface area contributed by atoms with Gasteiger partial charge in [-0.1, -0.05) is 0 Å². The van der Waals surface area contributed by atoms with E-state index in [0.29, 0.717) is 12.4 Å². The van der Waals surface area contributed by atoms with Crippen molar-refractivity contribution < 1.29 is 9.84 Å². The lowest BCUT2D eigenvalue weighted by Crippen LogP contribution is -2.40. The molecule has 2 unspecified atom stereocenters. The molecule has 1 aliphatic rings. The zero-order chi connectivity index (χ0) is 14.8. The monoisotopic (exact) mass is 291 g/mol. The molecule has 0 aliphatic carbocycles. The van der Waals surface area contributed by atoms with Crippen LogP contribution in [0, 0.1) is 5.92 Å². The highest BCUT2D eigenvalue weighted by Crippen LogP contribution is 2.25. The van der Waals surface area contributed by atoms with Gasteiger partial charge in [-0.25, -0.2) is 4.98 Å². The fraction of sp³-hybridized carbons (Fsp3) is 0.643. The Morgan fingerprint density at radius 3 is 3.14 bits per heavy atom. The molecule has 2 aromatic rings. The summed E-state index contributed by atoms with van der Waals surface area (Å²) in [5, 5.41) is 14.1. The molecule has 0 spiro atoms. The molecule has 3 heterocycles. The third-order valence-corrected chi connectivity index (χ3v) is 4.04. The Morgan fingerprint density at radius 2 is 2.38 bits per heavy atom. The number of piperidine rings is 1. The van der Waals surface area contributed by atoms with Gasteiger partial charge in [0.15, 0.2) is 0 Å². The molecule has 0 radical (unpaired) electrons. The minimum Gasteiger partial charge on any atom is -0.393 e. The maximum atomic E-state index is 9.86. The summed E-state index contributed by atoms with van der Waals surface area (Å²) in [7, 11) is 1.65. The minimum absolute atomic E-state index is 0.288. The van der Waals surface area contributed by atoms with Crippen LogP contribution in [-0.2, 0) is 11.3 Å². The van der Waals surface area contributed by atoms with E-state index in [2.05, 4.69) is 20.0 Å². The van der Waals surface area contributed by atoms with E-state index >= 15 is 0 Å². The van der Waals surface area contributed by atoms with Crippen LogP contribution in [-0.4, -0.2) is 51.0 Å². The average Bonchev–Trinajstić information content (AvgIpc) is 2.95. The Morgan fingerprint density at radius 1 is 1.52 bits per heavy atom. The van der Waals surface area contributed by atoms with Gasteiger partial charge >= 0.3 is 0 Å². The number of methoxy groups -OCH3 is 1. The number of ether oxygens (including phenoxy) is 1. The van der Waals surface area contributed by atoms with Crippen molar-refractivity contribution in [1.82, 2.24) is 19.6 Å². The number of fused-ring (bicyclic) bond motifs is 1. The predicted octanol–water partition coefficient (Wildman–Crippen LogP) is 0.868. The van der Waals surface area contributed by atoms with Gasteiger partial charge in [-0.05, 0) is 19.8 Å².